The number of hydrogen-bond acceptors (Lipinski definition) is 3. The topological polar surface area (TPSA) is 35.5 Å². The standard InChI is InChI=1S/C15H12ClFO3/c1-19-15-7-10(8-18)3-5-14(15)20-9-11-2-4-12(16)13(17)6-11/h2-8H,9H2,1H3. The highest BCUT2D eigenvalue weighted by atomic mass is 35.5. The van der Waals surface area contributed by atoms with Crippen molar-refractivity contribution in [3.05, 3.63) is 58.4 Å². The van der Waals surface area contributed by atoms with Crippen molar-refractivity contribution in [3.63, 3.8) is 0 Å². The SMILES string of the molecule is COc1cc(C=O)ccc1OCc1ccc(Cl)c(F)c1. The van der Waals surface area contributed by atoms with Crippen LogP contribution in [0, 0.1) is 5.82 Å². The summed E-state index contributed by atoms with van der Waals surface area (Å²) < 4.78 is 24.0. The first-order chi connectivity index (χ1) is 9.63. The van der Waals surface area contributed by atoms with Crippen LogP contribution in [0.1, 0.15) is 15.9 Å². The Labute approximate surface area is 120 Å². The Balaban J connectivity index is 2.13. The van der Waals surface area contributed by atoms with Gasteiger partial charge in [-0.05, 0) is 35.9 Å². The first kappa shape index (κ1) is 14.3. The fraction of sp³-hybridized carbons (Fsp3) is 0.133. The summed E-state index contributed by atoms with van der Waals surface area (Å²) in [7, 11) is 1.48. The lowest BCUT2D eigenvalue weighted by molar-refractivity contribution is 0.112. The van der Waals surface area contributed by atoms with Gasteiger partial charge in [0.15, 0.2) is 11.5 Å². The fourth-order valence-corrected chi connectivity index (χ4v) is 1.78. The monoisotopic (exact) mass is 294 g/mol. The van der Waals surface area contributed by atoms with Gasteiger partial charge >= 0.3 is 0 Å². The summed E-state index contributed by atoms with van der Waals surface area (Å²) >= 11 is 5.61. The Morgan fingerprint density at radius 2 is 2.00 bits per heavy atom. The molecule has 20 heavy (non-hydrogen) atoms. The summed E-state index contributed by atoms with van der Waals surface area (Å²) in [6, 6.07) is 9.29. The van der Waals surface area contributed by atoms with Crippen molar-refractivity contribution in [1.82, 2.24) is 0 Å². The number of methoxy groups -OCH3 is 1. The van der Waals surface area contributed by atoms with Gasteiger partial charge in [-0.15, -0.1) is 0 Å². The number of halogens is 2. The van der Waals surface area contributed by atoms with Crippen molar-refractivity contribution in [2.24, 2.45) is 0 Å². The summed E-state index contributed by atoms with van der Waals surface area (Å²) in [5, 5.41) is 0.0710. The molecule has 0 saturated heterocycles. The van der Waals surface area contributed by atoms with Crippen LogP contribution < -0.4 is 9.47 Å². The van der Waals surface area contributed by atoms with E-state index >= 15 is 0 Å². The maximum atomic E-state index is 13.3. The fourth-order valence-electron chi connectivity index (χ4n) is 1.67. The van der Waals surface area contributed by atoms with Crippen LogP contribution in [-0.4, -0.2) is 13.4 Å². The Morgan fingerprint density at radius 3 is 2.65 bits per heavy atom. The Hall–Kier alpha value is -2.07. The maximum Gasteiger partial charge on any atom is 0.161 e. The summed E-state index contributed by atoms with van der Waals surface area (Å²) in [6.45, 7) is 0.172. The van der Waals surface area contributed by atoms with E-state index in [0.717, 1.165) is 6.29 Å². The van der Waals surface area contributed by atoms with Gasteiger partial charge in [-0.25, -0.2) is 4.39 Å². The van der Waals surface area contributed by atoms with Crippen LogP contribution in [0.25, 0.3) is 0 Å². The molecule has 0 N–H and O–H groups in total. The van der Waals surface area contributed by atoms with Crippen LogP contribution in [0.4, 0.5) is 4.39 Å². The predicted molar refractivity (Wildman–Crippen MR) is 74.1 cm³/mol. The zero-order valence-electron chi connectivity index (χ0n) is 10.7. The van der Waals surface area contributed by atoms with Crippen LogP contribution in [0.2, 0.25) is 5.02 Å². The summed E-state index contributed by atoms with van der Waals surface area (Å²) in [4.78, 5) is 10.7. The largest absolute Gasteiger partial charge is 0.493 e. The van der Waals surface area contributed by atoms with E-state index < -0.39 is 5.82 Å². The number of carbonyl (C=O) groups excluding carboxylic acids is 1. The van der Waals surface area contributed by atoms with E-state index in [1.165, 1.54) is 19.2 Å². The normalized spacial score (nSPS) is 10.2. The van der Waals surface area contributed by atoms with Gasteiger partial charge < -0.3 is 9.47 Å². The maximum absolute atomic E-state index is 13.3. The van der Waals surface area contributed by atoms with Crippen molar-refractivity contribution < 1.29 is 18.7 Å². The zero-order chi connectivity index (χ0) is 14.5. The summed E-state index contributed by atoms with van der Waals surface area (Å²) in [5.74, 6) is 0.438. The molecule has 2 aromatic rings. The quantitative estimate of drug-likeness (QED) is 0.785. The minimum absolute atomic E-state index is 0.0710. The first-order valence-electron chi connectivity index (χ1n) is 5.84. The average molecular weight is 295 g/mol. The van der Waals surface area contributed by atoms with Gasteiger partial charge in [0, 0.05) is 5.56 Å². The lowest BCUT2D eigenvalue weighted by Gasteiger charge is -2.11. The van der Waals surface area contributed by atoms with E-state index in [1.54, 1.807) is 24.3 Å². The van der Waals surface area contributed by atoms with Crippen molar-refractivity contribution in [1.29, 1.82) is 0 Å². The van der Waals surface area contributed by atoms with Crippen LogP contribution in [-0.2, 0) is 6.61 Å². The summed E-state index contributed by atoms with van der Waals surface area (Å²) in [6.07, 6.45) is 0.723. The average Bonchev–Trinajstić information content (AvgIpc) is 2.48. The molecule has 0 aliphatic rings. The van der Waals surface area contributed by atoms with E-state index in [1.807, 2.05) is 0 Å². The van der Waals surface area contributed by atoms with Gasteiger partial charge in [0.1, 0.15) is 18.7 Å². The second kappa shape index (κ2) is 6.39. The number of aldehydes is 1. The van der Waals surface area contributed by atoms with Crippen LogP contribution in [0.15, 0.2) is 36.4 Å². The Kier molecular flexibility index (Phi) is 4.58. The number of rotatable bonds is 5. The van der Waals surface area contributed by atoms with Crippen molar-refractivity contribution in [2.45, 2.75) is 6.61 Å². The molecule has 0 radical (unpaired) electrons. The molecule has 0 saturated carbocycles. The highest BCUT2D eigenvalue weighted by Crippen LogP contribution is 2.28. The lowest BCUT2D eigenvalue weighted by atomic mass is 10.2. The number of benzene rings is 2. The Bertz CT molecular complexity index is 629. The Morgan fingerprint density at radius 1 is 1.20 bits per heavy atom. The van der Waals surface area contributed by atoms with Gasteiger partial charge in [0.05, 0.1) is 12.1 Å². The molecule has 0 fully saturated rings. The molecule has 0 amide bonds. The van der Waals surface area contributed by atoms with Crippen molar-refractivity contribution in [3.8, 4) is 11.5 Å². The van der Waals surface area contributed by atoms with Gasteiger partial charge in [-0.2, -0.15) is 0 Å². The molecule has 0 spiro atoms. The van der Waals surface area contributed by atoms with Crippen molar-refractivity contribution in [2.75, 3.05) is 7.11 Å². The molecule has 0 aliphatic heterocycles. The highest BCUT2D eigenvalue weighted by molar-refractivity contribution is 6.30. The van der Waals surface area contributed by atoms with Crippen LogP contribution in [0.5, 0.6) is 11.5 Å². The molecule has 0 atom stereocenters. The van der Waals surface area contributed by atoms with Gasteiger partial charge in [0.2, 0.25) is 0 Å². The van der Waals surface area contributed by atoms with Gasteiger partial charge in [0.25, 0.3) is 0 Å². The molecule has 2 rings (SSSR count). The molecule has 104 valence electrons. The third kappa shape index (κ3) is 3.27. The van der Waals surface area contributed by atoms with Crippen LogP contribution in [0.3, 0.4) is 0 Å². The zero-order valence-corrected chi connectivity index (χ0v) is 11.5. The predicted octanol–water partition coefficient (Wildman–Crippen LogP) is 3.88. The van der Waals surface area contributed by atoms with E-state index in [9.17, 15) is 9.18 Å². The first-order valence-corrected chi connectivity index (χ1v) is 6.22. The molecule has 0 unspecified atom stereocenters. The van der Waals surface area contributed by atoms with E-state index in [0.29, 0.717) is 22.6 Å². The van der Waals surface area contributed by atoms with E-state index in [-0.39, 0.29) is 11.6 Å². The van der Waals surface area contributed by atoms with Gasteiger partial charge in [-0.3, -0.25) is 4.79 Å². The molecule has 0 bridgehead atoms. The number of carbonyl (C=O) groups is 1. The van der Waals surface area contributed by atoms with E-state index in [2.05, 4.69) is 0 Å². The molecular weight excluding hydrogens is 283 g/mol. The second-order valence-electron chi connectivity index (χ2n) is 4.07. The van der Waals surface area contributed by atoms with E-state index in [4.69, 9.17) is 21.1 Å². The molecule has 5 heteroatoms. The molecular formula is C15H12ClFO3. The number of ether oxygens (including phenoxy) is 2. The molecule has 0 aliphatic carbocycles. The second-order valence-corrected chi connectivity index (χ2v) is 4.47. The minimum atomic E-state index is -0.490. The number of hydrogen-bond donors (Lipinski definition) is 0. The van der Waals surface area contributed by atoms with Crippen molar-refractivity contribution >= 4 is 17.9 Å². The smallest absolute Gasteiger partial charge is 0.161 e. The highest BCUT2D eigenvalue weighted by Gasteiger charge is 2.07. The molecule has 0 aromatic heterocycles. The molecule has 2 aromatic carbocycles. The summed E-state index contributed by atoms with van der Waals surface area (Å²) in [5.41, 5.74) is 1.14. The van der Waals surface area contributed by atoms with Crippen LogP contribution >= 0.6 is 11.6 Å². The van der Waals surface area contributed by atoms with Gasteiger partial charge in [-0.1, -0.05) is 17.7 Å². The molecule has 0 heterocycles. The third-order valence-electron chi connectivity index (χ3n) is 2.70. The lowest BCUT2D eigenvalue weighted by Crippen LogP contribution is -1.99. The third-order valence-corrected chi connectivity index (χ3v) is 3.01. The minimum Gasteiger partial charge on any atom is -0.493 e. The molecule has 3 nitrogen and oxygen atoms in total.